The quantitative estimate of drug-likeness (QED) is 0.179. The highest BCUT2D eigenvalue weighted by molar-refractivity contribution is 7.25. The largest absolute Gasteiger partial charge is 0.494 e. The van der Waals surface area contributed by atoms with Crippen LogP contribution in [0.25, 0.3) is 75.1 Å². The predicted molar refractivity (Wildman–Crippen MR) is 206 cm³/mol. The maximum atomic E-state index is 6.51. The maximum absolute atomic E-state index is 6.51. The molecule has 0 atom stereocenters. The first-order valence-electron chi connectivity index (χ1n) is 16.7. The molecule has 0 N–H and O–H groups in total. The van der Waals surface area contributed by atoms with E-state index >= 15 is 0 Å². The fourth-order valence-corrected chi connectivity index (χ4v) is 8.27. The summed E-state index contributed by atoms with van der Waals surface area (Å²) in [4.78, 5) is 0. The van der Waals surface area contributed by atoms with Crippen molar-refractivity contribution in [2.24, 2.45) is 0 Å². The molecule has 0 aliphatic carbocycles. The second kappa shape index (κ2) is 10.9. The molecule has 1 fully saturated rings. The fraction of sp³-hybridized carbons (Fsp3) is 0.136. The van der Waals surface area contributed by atoms with Gasteiger partial charge in [0.25, 0.3) is 0 Å². The van der Waals surface area contributed by atoms with Crippen molar-refractivity contribution in [3.8, 4) is 33.4 Å². The summed E-state index contributed by atoms with van der Waals surface area (Å²) in [6.45, 7) is 8.44. The first-order valence-corrected chi connectivity index (χ1v) is 17.5. The standard InChI is InChI=1S/C44H35BO2S/c1-43(2)44(3,4)47-45(46-43)34-21-23-37(33-20-22-39-38-13-7-8-15-41(38)48-42(39)26-33)40(27-34)32-19-17-29-24-31(18-16-30(29)25-32)36-14-9-11-28-10-5-6-12-35(28)36/h5-27H,1-4H3. The van der Waals surface area contributed by atoms with Crippen molar-refractivity contribution >= 4 is 65.6 Å². The number of rotatable bonds is 4. The molecule has 0 bridgehead atoms. The van der Waals surface area contributed by atoms with Gasteiger partial charge in [-0.25, -0.2) is 0 Å². The van der Waals surface area contributed by atoms with Crippen LogP contribution >= 0.6 is 11.3 Å². The topological polar surface area (TPSA) is 18.5 Å². The second-order valence-electron chi connectivity index (χ2n) is 14.0. The van der Waals surface area contributed by atoms with Gasteiger partial charge in [0, 0.05) is 20.2 Å². The number of hydrogen-bond donors (Lipinski definition) is 0. The molecule has 7 aromatic carbocycles. The third-order valence-corrected chi connectivity index (χ3v) is 11.6. The smallest absolute Gasteiger partial charge is 0.399 e. The van der Waals surface area contributed by atoms with E-state index in [0.29, 0.717) is 0 Å². The van der Waals surface area contributed by atoms with Gasteiger partial charge in [-0.3, -0.25) is 0 Å². The molecule has 0 amide bonds. The van der Waals surface area contributed by atoms with Gasteiger partial charge in [0.05, 0.1) is 11.2 Å². The van der Waals surface area contributed by atoms with Gasteiger partial charge in [-0.1, -0.05) is 115 Å². The minimum absolute atomic E-state index is 0.409. The molecule has 1 aliphatic heterocycles. The van der Waals surface area contributed by atoms with E-state index in [1.54, 1.807) is 0 Å². The lowest BCUT2D eigenvalue weighted by atomic mass is 9.76. The van der Waals surface area contributed by atoms with E-state index < -0.39 is 18.3 Å². The van der Waals surface area contributed by atoms with E-state index in [1.165, 1.54) is 75.1 Å². The van der Waals surface area contributed by atoms with Gasteiger partial charge in [-0.05, 0) is 112 Å². The molecule has 9 rings (SSSR count). The second-order valence-corrected chi connectivity index (χ2v) is 15.1. The van der Waals surface area contributed by atoms with Gasteiger partial charge in [-0.15, -0.1) is 11.3 Å². The van der Waals surface area contributed by atoms with Crippen LogP contribution in [0.5, 0.6) is 0 Å². The molecule has 4 heteroatoms. The average molecular weight is 639 g/mol. The van der Waals surface area contributed by atoms with Crippen LogP contribution in [0.4, 0.5) is 0 Å². The minimum Gasteiger partial charge on any atom is -0.399 e. The Balaban J connectivity index is 1.18. The zero-order chi connectivity index (χ0) is 32.6. The number of thiophene rings is 1. The Morgan fingerprint density at radius 1 is 0.438 bits per heavy atom. The van der Waals surface area contributed by atoms with E-state index in [9.17, 15) is 0 Å². The van der Waals surface area contributed by atoms with Crippen molar-refractivity contribution in [2.45, 2.75) is 38.9 Å². The van der Waals surface area contributed by atoms with Crippen LogP contribution in [0.3, 0.4) is 0 Å². The van der Waals surface area contributed by atoms with E-state index in [-0.39, 0.29) is 0 Å². The summed E-state index contributed by atoms with van der Waals surface area (Å²) in [7, 11) is -0.434. The Labute approximate surface area is 285 Å². The molecule has 2 heterocycles. The van der Waals surface area contributed by atoms with Crippen LogP contribution in [0.15, 0.2) is 140 Å². The van der Waals surface area contributed by atoms with Gasteiger partial charge in [-0.2, -0.15) is 0 Å². The van der Waals surface area contributed by atoms with Crippen molar-refractivity contribution in [1.29, 1.82) is 0 Å². The Morgan fingerprint density at radius 3 is 1.81 bits per heavy atom. The zero-order valence-electron chi connectivity index (χ0n) is 27.6. The van der Waals surface area contributed by atoms with Crippen LogP contribution in [0.2, 0.25) is 0 Å². The van der Waals surface area contributed by atoms with Crippen LogP contribution in [-0.4, -0.2) is 18.3 Å². The predicted octanol–water partition coefficient (Wildman–Crippen LogP) is 11.7. The van der Waals surface area contributed by atoms with E-state index in [2.05, 4.69) is 167 Å². The normalized spacial score (nSPS) is 15.6. The highest BCUT2D eigenvalue weighted by Gasteiger charge is 2.51. The van der Waals surface area contributed by atoms with Gasteiger partial charge in [0.1, 0.15) is 0 Å². The van der Waals surface area contributed by atoms with Gasteiger partial charge >= 0.3 is 7.12 Å². The van der Waals surface area contributed by atoms with E-state index in [1.807, 2.05) is 11.3 Å². The SMILES string of the molecule is CC1(C)OB(c2ccc(-c3ccc4c(c3)sc3ccccc34)c(-c3ccc4cc(-c5cccc6ccccc56)ccc4c3)c2)OC1(C)C. The van der Waals surface area contributed by atoms with Crippen LogP contribution in [0, 0.1) is 0 Å². The molecule has 1 aromatic heterocycles. The number of hydrogen-bond acceptors (Lipinski definition) is 3. The molecule has 0 saturated carbocycles. The van der Waals surface area contributed by atoms with Crippen LogP contribution in [0.1, 0.15) is 27.7 Å². The summed E-state index contributed by atoms with van der Waals surface area (Å²) < 4.78 is 15.6. The summed E-state index contributed by atoms with van der Waals surface area (Å²) in [5.74, 6) is 0. The van der Waals surface area contributed by atoms with Crippen molar-refractivity contribution in [3.63, 3.8) is 0 Å². The highest BCUT2D eigenvalue weighted by Crippen LogP contribution is 2.41. The number of benzene rings is 7. The third kappa shape index (κ3) is 4.78. The van der Waals surface area contributed by atoms with Crippen molar-refractivity contribution < 1.29 is 9.31 Å². The molecular weight excluding hydrogens is 603 g/mol. The summed E-state index contributed by atoms with van der Waals surface area (Å²) in [5.41, 5.74) is 7.44. The van der Waals surface area contributed by atoms with Crippen molar-refractivity contribution in [1.82, 2.24) is 0 Å². The number of fused-ring (bicyclic) bond motifs is 5. The van der Waals surface area contributed by atoms with E-state index in [0.717, 1.165) is 5.46 Å². The molecule has 0 unspecified atom stereocenters. The third-order valence-electron chi connectivity index (χ3n) is 10.5. The van der Waals surface area contributed by atoms with Gasteiger partial charge in [0.15, 0.2) is 0 Å². The van der Waals surface area contributed by atoms with Crippen LogP contribution in [-0.2, 0) is 9.31 Å². The minimum atomic E-state index is -0.434. The van der Waals surface area contributed by atoms with Crippen molar-refractivity contribution in [2.75, 3.05) is 0 Å². The molecule has 1 saturated heterocycles. The Bertz CT molecular complexity index is 2520. The average Bonchev–Trinajstić information content (AvgIpc) is 3.58. The maximum Gasteiger partial charge on any atom is 0.494 e. The van der Waals surface area contributed by atoms with Gasteiger partial charge < -0.3 is 9.31 Å². The lowest BCUT2D eigenvalue weighted by molar-refractivity contribution is 0.00578. The monoisotopic (exact) mass is 638 g/mol. The highest BCUT2D eigenvalue weighted by atomic mass is 32.1. The Kier molecular flexibility index (Phi) is 6.68. The molecule has 232 valence electrons. The van der Waals surface area contributed by atoms with E-state index in [4.69, 9.17) is 9.31 Å². The zero-order valence-corrected chi connectivity index (χ0v) is 28.4. The first-order chi connectivity index (χ1) is 23.2. The summed E-state index contributed by atoms with van der Waals surface area (Å²) >= 11 is 1.86. The summed E-state index contributed by atoms with van der Waals surface area (Å²) in [6, 6.07) is 51.1. The molecule has 0 radical (unpaired) electrons. The lowest BCUT2D eigenvalue weighted by Crippen LogP contribution is -2.41. The molecular formula is C44H35BO2S. The fourth-order valence-electron chi connectivity index (χ4n) is 7.13. The first kappa shape index (κ1) is 29.4. The van der Waals surface area contributed by atoms with Gasteiger partial charge in [0.2, 0.25) is 0 Å². The summed E-state index contributed by atoms with van der Waals surface area (Å²) in [5, 5.41) is 7.59. The molecule has 0 spiro atoms. The molecule has 1 aliphatic rings. The summed E-state index contributed by atoms with van der Waals surface area (Å²) in [6.07, 6.45) is 0. The molecule has 2 nitrogen and oxygen atoms in total. The molecule has 48 heavy (non-hydrogen) atoms. The van der Waals surface area contributed by atoms with Crippen molar-refractivity contribution in [3.05, 3.63) is 140 Å². The Hall–Kier alpha value is -4.74. The lowest BCUT2D eigenvalue weighted by Gasteiger charge is -2.32. The Morgan fingerprint density at radius 2 is 1.04 bits per heavy atom. The molecule has 8 aromatic rings. The van der Waals surface area contributed by atoms with Crippen LogP contribution < -0.4 is 5.46 Å².